The van der Waals surface area contributed by atoms with Gasteiger partial charge in [0.2, 0.25) is 0 Å². The number of thiophene rings is 1. The molecule has 0 aliphatic carbocycles. The molecule has 1 heterocycles. The van der Waals surface area contributed by atoms with Gasteiger partial charge in [0.1, 0.15) is 12.4 Å². The number of Topliss-reactive ketones (excluding diaryl/α,β-unsaturated/α-hetero) is 2. The third kappa shape index (κ3) is 6.43. The number of carbonyl (C=O) groups is 3. The van der Waals surface area contributed by atoms with Gasteiger partial charge in [-0.3, -0.25) is 14.4 Å². The molecule has 0 atom stereocenters. The molecule has 0 amide bonds. The summed E-state index contributed by atoms with van der Waals surface area (Å²) in [6, 6.07) is 3.55. The van der Waals surface area contributed by atoms with Crippen LogP contribution >= 0.6 is 11.3 Å². The van der Waals surface area contributed by atoms with Crippen LogP contribution in [0.2, 0.25) is 0 Å². The molecule has 0 bridgehead atoms. The first-order valence-corrected chi connectivity index (χ1v) is 7.25. The highest BCUT2D eigenvalue weighted by Crippen LogP contribution is 2.13. The zero-order valence-corrected chi connectivity index (χ0v) is 12.3. The molecule has 0 aliphatic heterocycles. The topological polar surface area (TPSA) is 60.4 Å². The summed E-state index contributed by atoms with van der Waals surface area (Å²) in [5.41, 5.74) is 0.756. The Morgan fingerprint density at radius 2 is 1.90 bits per heavy atom. The van der Waals surface area contributed by atoms with Crippen molar-refractivity contribution in [1.82, 2.24) is 0 Å². The van der Waals surface area contributed by atoms with E-state index in [0.717, 1.165) is 5.57 Å². The minimum atomic E-state index is -0.411. The minimum absolute atomic E-state index is 0.0294. The molecular weight excluding hydrogens is 276 g/mol. The summed E-state index contributed by atoms with van der Waals surface area (Å²) < 4.78 is 4.88. The van der Waals surface area contributed by atoms with Gasteiger partial charge in [-0.25, -0.2) is 0 Å². The summed E-state index contributed by atoms with van der Waals surface area (Å²) in [4.78, 5) is 35.2. The van der Waals surface area contributed by atoms with E-state index in [-0.39, 0.29) is 43.9 Å². The SMILES string of the molecule is C=C(C)COC(=O)CCC(=O)CCC(=O)c1cccs1. The normalized spacial score (nSPS) is 10.1. The maximum absolute atomic E-state index is 11.7. The number of hydrogen-bond donors (Lipinski definition) is 0. The van der Waals surface area contributed by atoms with Crippen molar-refractivity contribution < 1.29 is 19.1 Å². The third-order valence-electron chi connectivity index (χ3n) is 2.51. The van der Waals surface area contributed by atoms with Crippen molar-refractivity contribution in [3.05, 3.63) is 34.5 Å². The molecule has 0 unspecified atom stereocenters. The van der Waals surface area contributed by atoms with E-state index in [0.29, 0.717) is 4.88 Å². The zero-order chi connectivity index (χ0) is 15.0. The average molecular weight is 294 g/mol. The highest BCUT2D eigenvalue weighted by atomic mass is 32.1. The molecule has 0 fully saturated rings. The first-order chi connectivity index (χ1) is 9.49. The van der Waals surface area contributed by atoms with Gasteiger partial charge in [0.25, 0.3) is 0 Å². The Labute approximate surface area is 122 Å². The lowest BCUT2D eigenvalue weighted by Gasteiger charge is -2.03. The Hall–Kier alpha value is -1.75. The molecule has 0 saturated carbocycles. The molecule has 1 rings (SSSR count). The standard InChI is InChI=1S/C15H18O4S/c1-11(2)10-19-15(18)8-6-12(16)5-7-13(17)14-4-3-9-20-14/h3-4,9H,1,5-8,10H2,2H3. The van der Waals surface area contributed by atoms with E-state index in [1.807, 2.05) is 5.38 Å². The summed E-state index contributed by atoms with van der Waals surface area (Å²) in [7, 11) is 0. The summed E-state index contributed by atoms with van der Waals surface area (Å²) >= 11 is 1.37. The third-order valence-corrected chi connectivity index (χ3v) is 3.43. The highest BCUT2D eigenvalue weighted by Gasteiger charge is 2.12. The number of ketones is 2. The molecule has 20 heavy (non-hydrogen) atoms. The van der Waals surface area contributed by atoms with Crippen molar-refractivity contribution in [2.45, 2.75) is 32.6 Å². The predicted molar refractivity (Wildman–Crippen MR) is 77.9 cm³/mol. The van der Waals surface area contributed by atoms with Gasteiger partial charge in [-0.2, -0.15) is 0 Å². The van der Waals surface area contributed by atoms with Crippen LogP contribution < -0.4 is 0 Å². The Morgan fingerprint density at radius 3 is 2.50 bits per heavy atom. The van der Waals surface area contributed by atoms with Gasteiger partial charge in [-0.15, -0.1) is 11.3 Å². The van der Waals surface area contributed by atoms with Crippen molar-refractivity contribution in [2.24, 2.45) is 0 Å². The van der Waals surface area contributed by atoms with Crippen LogP contribution in [0, 0.1) is 0 Å². The smallest absolute Gasteiger partial charge is 0.306 e. The molecule has 1 aromatic rings. The van der Waals surface area contributed by atoms with Crippen LogP contribution in [0.3, 0.4) is 0 Å². The maximum atomic E-state index is 11.7. The second kappa shape index (κ2) is 8.43. The first kappa shape index (κ1) is 16.3. The number of rotatable bonds is 9. The molecule has 0 radical (unpaired) electrons. The van der Waals surface area contributed by atoms with Crippen molar-refractivity contribution in [3.63, 3.8) is 0 Å². The van der Waals surface area contributed by atoms with E-state index >= 15 is 0 Å². The van der Waals surface area contributed by atoms with Gasteiger partial charge < -0.3 is 4.74 Å². The Morgan fingerprint density at radius 1 is 1.20 bits per heavy atom. The summed E-state index contributed by atoms with van der Waals surface area (Å²) in [5.74, 6) is -0.536. The lowest BCUT2D eigenvalue weighted by atomic mass is 10.1. The fraction of sp³-hybridized carbons (Fsp3) is 0.400. The average Bonchev–Trinajstić information content (AvgIpc) is 2.94. The lowest BCUT2D eigenvalue weighted by Crippen LogP contribution is -2.10. The van der Waals surface area contributed by atoms with E-state index in [1.165, 1.54) is 11.3 Å². The summed E-state index contributed by atoms with van der Waals surface area (Å²) in [5, 5.41) is 1.83. The Kier molecular flexibility index (Phi) is 6.87. The Bertz CT molecular complexity index is 488. The van der Waals surface area contributed by atoms with Crippen molar-refractivity contribution >= 4 is 28.9 Å². The van der Waals surface area contributed by atoms with Crippen LogP contribution in [-0.4, -0.2) is 24.1 Å². The molecule has 108 valence electrons. The molecule has 5 heteroatoms. The van der Waals surface area contributed by atoms with E-state index in [2.05, 4.69) is 6.58 Å². The number of esters is 1. The maximum Gasteiger partial charge on any atom is 0.306 e. The van der Waals surface area contributed by atoms with E-state index in [9.17, 15) is 14.4 Å². The molecule has 0 spiro atoms. The van der Waals surface area contributed by atoms with Crippen molar-refractivity contribution in [1.29, 1.82) is 0 Å². The van der Waals surface area contributed by atoms with Crippen LogP contribution in [-0.2, 0) is 14.3 Å². The minimum Gasteiger partial charge on any atom is -0.461 e. The second-order valence-electron chi connectivity index (χ2n) is 4.56. The van der Waals surface area contributed by atoms with Crippen molar-refractivity contribution in [2.75, 3.05) is 6.61 Å². The van der Waals surface area contributed by atoms with Crippen LogP contribution in [0.1, 0.15) is 42.3 Å². The van der Waals surface area contributed by atoms with Gasteiger partial charge in [-0.05, 0) is 23.9 Å². The molecule has 4 nitrogen and oxygen atoms in total. The second-order valence-corrected chi connectivity index (χ2v) is 5.50. The molecule has 0 aromatic carbocycles. The number of carbonyl (C=O) groups excluding carboxylic acids is 3. The lowest BCUT2D eigenvalue weighted by molar-refractivity contribution is -0.143. The molecule has 0 saturated heterocycles. The van der Waals surface area contributed by atoms with Crippen LogP contribution in [0.5, 0.6) is 0 Å². The van der Waals surface area contributed by atoms with E-state index < -0.39 is 5.97 Å². The zero-order valence-electron chi connectivity index (χ0n) is 11.5. The van der Waals surface area contributed by atoms with E-state index in [1.54, 1.807) is 19.1 Å². The van der Waals surface area contributed by atoms with Gasteiger partial charge in [0.15, 0.2) is 5.78 Å². The summed E-state index contributed by atoms with van der Waals surface area (Å²) in [6.45, 7) is 5.56. The monoisotopic (exact) mass is 294 g/mol. The van der Waals surface area contributed by atoms with Gasteiger partial charge >= 0.3 is 5.97 Å². The Balaban J connectivity index is 2.19. The number of ether oxygens (including phenoxy) is 1. The first-order valence-electron chi connectivity index (χ1n) is 6.37. The van der Waals surface area contributed by atoms with Crippen molar-refractivity contribution in [3.8, 4) is 0 Å². The van der Waals surface area contributed by atoms with Crippen LogP contribution in [0.15, 0.2) is 29.7 Å². The van der Waals surface area contributed by atoms with E-state index in [4.69, 9.17) is 4.74 Å². The largest absolute Gasteiger partial charge is 0.461 e. The fourth-order valence-corrected chi connectivity index (χ4v) is 2.15. The van der Waals surface area contributed by atoms with Gasteiger partial charge in [0.05, 0.1) is 11.3 Å². The van der Waals surface area contributed by atoms with Gasteiger partial charge in [-0.1, -0.05) is 12.6 Å². The quantitative estimate of drug-likeness (QED) is 0.399. The molecule has 0 N–H and O–H groups in total. The van der Waals surface area contributed by atoms with Gasteiger partial charge in [0, 0.05) is 19.3 Å². The van der Waals surface area contributed by atoms with Crippen LogP contribution in [0.4, 0.5) is 0 Å². The highest BCUT2D eigenvalue weighted by molar-refractivity contribution is 7.12. The van der Waals surface area contributed by atoms with Crippen LogP contribution in [0.25, 0.3) is 0 Å². The number of hydrogen-bond acceptors (Lipinski definition) is 5. The molecule has 0 aliphatic rings. The summed E-state index contributed by atoms with van der Waals surface area (Å²) in [6.07, 6.45) is 0.538. The fourth-order valence-electron chi connectivity index (χ4n) is 1.46. The molecular formula is C15H18O4S. The molecule has 1 aromatic heterocycles. The predicted octanol–water partition coefficient (Wildman–Crippen LogP) is 3.18.